The molecule has 1 N–H and O–H groups in total. The maximum atomic E-state index is 10.6. The Kier molecular flexibility index (Phi) is 5.77. The second-order valence-electron chi connectivity index (χ2n) is 3.85. The Hall–Kier alpha value is 0.160. The van der Waals surface area contributed by atoms with Gasteiger partial charge in [-0.15, -0.1) is 0 Å². The predicted octanol–water partition coefficient (Wildman–Crippen LogP) is 1.41. The van der Waals surface area contributed by atoms with Crippen molar-refractivity contribution in [2.75, 3.05) is 26.2 Å². The molecule has 0 aromatic carbocycles. The number of carbonyl (C=O) groups is 1. The van der Waals surface area contributed by atoms with Crippen LogP contribution in [0.5, 0.6) is 0 Å². The number of carbonyl (C=O) groups excluding carboxylic acids is 1. The average molecular weight is 310 g/mol. The van der Waals surface area contributed by atoms with Crippen molar-refractivity contribution in [2.24, 2.45) is 0 Å². The second-order valence-corrected chi connectivity index (χ2v) is 5.61. The molecular weight excluding hydrogens is 291 g/mol. The highest BCUT2D eigenvalue weighted by Crippen LogP contribution is 2.17. The minimum absolute atomic E-state index is 0.0796. The summed E-state index contributed by atoms with van der Waals surface area (Å²) in [6.07, 6.45) is 3.72. The number of halogens is 1. The molecule has 1 aliphatic heterocycles. The fourth-order valence-corrected chi connectivity index (χ4v) is 2.25. The third kappa shape index (κ3) is 5.14. The van der Waals surface area contributed by atoms with Crippen LogP contribution in [0.1, 0.15) is 26.2 Å². The van der Waals surface area contributed by atoms with E-state index in [4.69, 9.17) is 0 Å². The largest absolute Gasteiger partial charge is 0.356 e. The lowest BCUT2D eigenvalue weighted by Crippen LogP contribution is -2.36. The van der Waals surface area contributed by atoms with Gasteiger partial charge >= 0.3 is 0 Å². The van der Waals surface area contributed by atoms with Crippen molar-refractivity contribution in [1.29, 1.82) is 0 Å². The molecule has 1 heterocycles. The maximum Gasteiger partial charge on any atom is 0.216 e. The van der Waals surface area contributed by atoms with Gasteiger partial charge in [0.1, 0.15) is 0 Å². The van der Waals surface area contributed by atoms with Crippen molar-refractivity contribution in [3.63, 3.8) is 0 Å². The van der Waals surface area contributed by atoms with Crippen molar-refractivity contribution in [2.45, 2.75) is 30.1 Å². The number of piperidine rings is 1. The lowest BCUT2D eigenvalue weighted by molar-refractivity contribution is -0.118. The molecule has 1 fully saturated rings. The Balaban J connectivity index is 1.99. The van der Waals surface area contributed by atoms with E-state index in [9.17, 15) is 4.79 Å². The lowest BCUT2D eigenvalue weighted by Gasteiger charge is -2.29. The minimum atomic E-state index is 0.0796. The summed E-state index contributed by atoms with van der Waals surface area (Å²) in [6, 6.07) is 0. The number of nitrogens with zero attached hydrogens (tertiary/aromatic N) is 1. The third-order valence-electron chi connectivity index (χ3n) is 2.54. The zero-order chi connectivity index (χ0) is 10.4. The van der Waals surface area contributed by atoms with Crippen LogP contribution in [0.4, 0.5) is 0 Å². The maximum absolute atomic E-state index is 10.6. The van der Waals surface area contributed by atoms with Gasteiger partial charge in [0, 0.05) is 17.4 Å². The monoisotopic (exact) mass is 310 g/mol. The zero-order valence-corrected chi connectivity index (χ0v) is 10.9. The first-order valence-electron chi connectivity index (χ1n) is 5.29. The Morgan fingerprint density at radius 3 is 2.71 bits per heavy atom. The van der Waals surface area contributed by atoms with E-state index in [1.807, 2.05) is 0 Å². The van der Waals surface area contributed by atoms with Crippen LogP contribution < -0.4 is 5.32 Å². The van der Waals surface area contributed by atoms with E-state index in [1.54, 1.807) is 6.92 Å². The number of rotatable bonds is 4. The summed E-state index contributed by atoms with van der Waals surface area (Å²) >= 11 is 2.54. The van der Waals surface area contributed by atoms with Crippen LogP contribution in [-0.2, 0) is 4.79 Å². The van der Waals surface area contributed by atoms with Gasteiger partial charge in [-0.2, -0.15) is 0 Å². The summed E-state index contributed by atoms with van der Waals surface area (Å²) < 4.78 is 0.874. The number of nitrogens with one attached hydrogen (secondary N) is 1. The SMILES string of the molecule is CC(=O)NCCCN1CCC(I)CC1. The highest BCUT2D eigenvalue weighted by Gasteiger charge is 2.15. The van der Waals surface area contributed by atoms with Crippen LogP contribution >= 0.6 is 22.6 Å². The molecule has 82 valence electrons. The van der Waals surface area contributed by atoms with Gasteiger partial charge in [0.15, 0.2) is 0 Å². The normalized spacial score (nSPS) is 19.6. The van der Waals surface area contributed by atoms with Gasteiger partial charge in [-0.05, 0) is 38.9 Å². The Labute approximate surface area is 99.8 Å². The van der Waals surface area contributed by atoms with Gasteiger partial charge in [0.2, 0.25) is 5.91 Å². The molecule has 0 bridgehead atoms. The summed E-state index contributed by atoms with van der Waals surface area (Å²) in [4.78, 5) is 13.1. The highest BCUT2D eigenvalue weighted by atomic mass is 127. The molecule has 14 heavy (non-hydrogen) atoms. The van der Waals surface area contributed by atoms with E-state index in [2.05, 4.69) is 32.8 Å². The van der Waals surface area contributed by atoms with Crippen LogP contribution in [0.15, 0.2) is 0 Å². The minimum Gasteiger partial charge on any atom is -0.356 e. The summed E-state index contributed by atoms with van der Waals surface area (Å²) in [5, 5.41) is 2.83. The van der Waals surface area contributed by atoms with Crippen molar-refractivity contribution >= 4 is 28.5 Å². The van der Waals surface area contributed by atoms with Crippen LogP contribution in [0.25, 0.3) is 0 Å². The van der Waals surface area contributed by atoms with Gasteiger partial charge in [-0.25, -0.2) is 0 Å². The summed E-state index contributed by atoms with van der Waals surface area (Å²) in [5.41, 5.74) is 0. The molecule has 0 spiro atoms. The zero-order valence-electron chi connectivity index (χ0n) is 8.76. The molecular formula is C10H19IN2O. The van der Waals surface area contributed by atoms with Gasteiger partial charge < -0.3 is 10.2 Å². The van der Waals surface area contributed by atoms with E-state index in [0.717, 1.165) is 23.4 Å². The van der Waals surface area contributed by atoms with Crippen LogP contribution in [0.2, 0.25) is 0 Å². The molecule has 3 nitrogen and oxygen atoms in total. The molecule has 1 saturated heterocycles. The third-order valence-corrected chi connectivity index (χ3v) is 3.79. The molecule has 1 aliphatic rings. The summed E-state index contributed by atoms with van der Waals surface area (Å²) in [5.74, 6) is 0.0796. The first-order chi connectivity index (χ1) is 6.68. The molecule has 0 atom stereocenters. The van der Waals surface area contributed by atoms with Crippen LogP contribution in [0.3, 0.4) is 0 Å². The number of alkyl halides is 1. The smallest absolute Gasteiger partial charge is 0.216 e. The Morgan fingerprint density at radius 2 is 2.14 bits per heavy atom. The fraction of sp³-hybridized carbons (Fsp3) is 0.900. The quantitative estimate of drug-likeness (QED) is 0.484. The summed E-state index contributed by atoms with van der Waals surface area (Å²) in [6.45, 7) is 5.98. The van der Waals surface area contributed by atoms with Crippen LogP contribution in [0, 0.1) is 0 Å². The fourth-order valence-electron chi connectivity index (χ4n) is 1.69. The first-order valence-corrected chi connectivity index (χ1v) is 6.54. The van der Waals surface area contributed by atoms with Gasteiger partial charge in [-0.3, -0.25) is 4.79 Å². The van der Waals surface area contributed by atoms with Gasteiger partial charge in [0.25, 0.3) is 0 Å². The van der Waals surface area contributed by atoms with E-state index in [-0.39, 0.29) is 5.91 Å². The Morgan fingerprint density at radius 1 is 1.50 bits per heavy atom. The molecule has 0 aliphatic carbocycles. The molecule has 1 amide bonds. The van der Waals surface area contributed by atoms with E-state index < -0.39 is 0 Å². The van der Waals surface area contributed by atoms with Crippen LogP contribution in [-0.4, -0.2) is 40.9 Å². The first kappa shape index (κ1) is 12.2. The predicted molar refractivity (Wildman–Crippen MR) is 66.8 cm³/mol. The molecule has 4 heteroatoms. The number of hydrogen-bond acceptors (Lipinski definition) is 2. The van der Waals surface area contributed by atoms with Crippen molar-refractivity contribution in [1.82, 2.24) is 10.2 Å². The van der Waals surface area contributed by atoms with E-state index in [0.29, 0.717) is 0 Å². The number of amides is 1. The molecule has 0 unspecified atom stereocenters. The number of likely N-dealkylation sites (tertiary alicyclic amines) is 1. The summed E-state index contributed by atoms with van der Waals surface area (Å²) in [7, 11) is 0. The second kappa shape index (κ2) is 6.61. The molecule has 0 aromatic heterocycles. The lowest BCUT2D eigenvalue weighted by atomic mass is 10.1. The highest BCUT2D eigenvalue weighted by molar-refractivity contribution is 14.1. The van der Waals surface area contributed by atoms with E-state index >= 15 is 0 Å². The molecule has 1 rings (SSSR count). The van der Waals surface area contributed by atoms with Crippen molar-refractivity contribution in [3.8, 4) is 0 Å². The topological polar surface area (TPSA) is 32.3 Å². The van der Waals surface area contributed by atoms with Crippen molar-refractivity contribution in [3.05, 3.63) is 0 Å². The average Bonchev–Trinajstić information content (AvgIpc) is 2.15. The molecule has 0 radical (unpaired) electrons. The number of hydrogen-bond donors (Lipinski definition) is 1. The van der Waals surface area contributed by atoms with E-state index in [1.165, 1.54) is 25.9 Å². The van der Waals surface area contributed by atoms with Gasteiger partial charge in [0.05, 0.1) is 0 Å². The molecule has 0 aromatic rings. The molecule has 0 saturated carbocycles. The standard InChI is InChI=1S/C10H19IN2O/c1-9(14)12-5-2-6-13-7-3-10(11)4-8-13/h10H,2-8H2,1H3,(H,12,14). The van der Waals surface area contributed by atoms with Crippen molar-refractivity contribution < 1.29 is 4.79 Å². The van der Waals surface area contributed by atoms with Gasteiger partial charge in [-0.1, -0.05) is 22.6 Å². The Bertz CT molecular complexity index is 179.